The zero-order chi connectivity index (χ0) is 24.9. The predicted octanol–water partition coefficient (Wildman–Crippen LogP) is 4.82. The van der Waals surface area contributed by atoms with Gasteiger partial charge in [-0.15, -0.1) is 0 Å². The molecule has 3 atom stereocenters. The first-order valence-electron chi connectivity index (χ1n) is 12.9. The number of allylic oxidation sites excluding steroid dienone is 1. The van der Waals surface area contributed by atoms with Crippen LogP contribution in [-0.4, -0.2) is 59.2 Å². The molecule has 1 saturated heterocycles. The second kappa shape index (κ2) is 11.3. The van der Waals surface area contributed by atoms with Gasteiger partial charge in [0.2, 0.25) is 0 Å². The quantitative estimate of drug-likeness (QED) is 0.340. The van der Waals surface area contributed by atoms with Crippen LogP contribution >= 0.6 is 0 Å². The maximum absolute atomic E-state index is 9.87. The van der Waals surface area contributed by atoms with Crippen LogP contribution in [0.15, 0.2) is 78.9 Å². The van der Waals surface area contributed by atoms with Crippen LogP contribution in [0.25, 0.3) is 11.1 Å². The Morgan fingerprint density at radius 1 is 0.861 bits per heavy atom. The Labute approximate surface area is 213 Å². The molecule has 36 heavy (non-hydrogen) atoms. The third-order valence-electron chi connectivity index (χ3n) is 7.55. The van der Waals surface area contributed by atoms with E-state index in [1.807, 2.05) is 42.5 Å². The Hall–Kier alpha value is -3.12. The fraction of sp³-hybridized carbons (Fsp3) is 0.355. The normalized spacial score (nSPS) is 21.7. The highest BCUT2D eigenvalue weighted by molar-refractivity contribution is 5.98. The summed E-state index contributed by atoms with van der Waals surface area (Å²) in [6, 6.07) is 26.1. The van der Waals surface area contributed by atoms with Gasteiger partial charge in [0.25, 0.3) is 0 Å². The summed E-state index contributed by atoms with van der Waals surface area (Å²) in [6.45, 7) is 2.87. The van der Waals surface area contributed by atoms with Crippen molar-refractivity contribution in [3.8, 4) is 11.5 Å². The third kappa shape index (κ3) is 5.49. The first kappa shape index (κ1) is 24.6. The van der Waals surface area contributed by atoms with E-state index in [0.717, 1.165) is 59.0 Å². The van der Waals surface area contributed by atoms with Gasteiger partial charge in [-0.25, -0.2) is 0 Å². The molecule has 1 aliphatic heterocycles. The lowest BCUT2D eigenvalue weighted by Crippen LogP contribution is -2.38. The topological polar surface area (TPSA) is 73.2 Å². The predicted molar refractivity (Wildman–Crippen MR) is 143 cm³/mol. The number of likely N-dealkylation sites (tertiary alicyclic amines) is 1. The minimum Gasteiger partial charge on any atom is -0.508 e. The Morgan fingerprint density at radius 3 is 2.22 bits per heavy atom. The van der Waals surface area contributed by atoms with Crippen molar-refractivity contribution < 1.29 is 20.1 Å². The van der Waals surface area contributed by atoms with E-state index in [1.165, 1.54) is 6.42 Å². The summed E-state index contributed by atoms with van der Waals surface area (Å²) in [5, 5.41) is 29.2. The van der Waals surface area contributed by atoms with Gasteiger partial charge in [0.05, 0.1) is 6.61 Å². The number of benzene rings is 3. The number of phenols is 1. The van der Waals surface area contributed by atoms with Gasteiger partial charge >= 0.3 is 0 Å². The summed E-state index contributed by atoms with van der Waals surface area (Å²) in [6.07, 6.45) is 2.67. The van der Waals surface area contributed by atoms with Crippen molar-refractivity contribution in [3.63, 3.8) is 0 Å². The van der Waals surface area contributed by atoms with Gasteiger partial charge in [0.1, 0.15) is 18.1 Å². The second-order valence-corrected chi connectivity index (χ2v) is 9.87. The van der Waals surface area contributed by atoms with Crippen LogP contribution in [0, 0.1) is 11.8 Å². The molecular formula is C31H35NO4. The van der Waals surface area contributed by atoms with Crippen molar-refractivity contribution in [2.45, 2.75) is 25.3 Å². The van der Waals surface area contributed by atoms with E-state index in [1.54, 1.807) is 12.1 Å². The lowest BCUT2D eigenvalue weighted by Gasteiger charge is -2.25. The number of nitrogens with zero attached hydrogens (tertiary/aromatic N) is 1. The molecule has 5 heteroatoms. The lowest BCUT2D eigenvalue weighted by atomic mass is 9.87. The van der Waals surface area contributed by atoms with Crippen molar-refractivity contribution >= 4 is 11.1 Å². The van der Waals surface area contributed by atoms with Gasteiger partial charge in [-0.2, -0.15) is 0 Å². The minimum atomic E-state index is 0.127. The van der Waals surface area contributed by atoms with Crippen LogP contribution < -0.4 is 4.74 Å². The number of aliphatic hydroxyl groups is 2. The number of aliphatic hydroxyl groups excluding tert-OH is 2. The maximum Gasteiger partial charge on any atom is 0.119 e. The summed E-state index contributed by atoms with van der Waals surface area (Å²) in [7, 11) is 0. The molecule has 2 aliphatic rings. The van der Waals surface area contributed by atoms with E-state index >= 15 is 0 Å². The summed E-state index contributed by atoms with van der Waals surface area (Å²) in [4.78, 5) is 2.37. The van der Waals surface area contributed by atoms with Crippen molar-refractivity contribution in [2.24, 2.45) is 11.8 Å². The van der Waals surface area contributed by atoms with Crippen LogP contribution in [0.1, 0.15) is 36.0 Å². The standard InChI is InChI=1S/C31H35NO4/c33-17-4-7-28(22-5-2-1-3-6-22)31(23-8-12-26(35)13-9-23)24-10-14-27(15-11-24)36-18-16-32-20-25-19-29(25)30(32)21-34/h1-3,5-6,8-15,25,29-30,33-35H,4,7,16-21H2/b31-28-/t25?,29-,30-/m1/s1. The summed E-state index contributed by atoms with van der Waals surface area (Å²) < 4.78 is 6.07. The lowest BCUT2D eigenvalue weighted by molar-refractivity contribution is 0.120. The number of fused-ring (bicyclic) bond motifs is 1. The molecule has 0 bridgehead atoms. The first-order valence-corrected chi connectivity index (χ1v) is 12.9. The second-order valence-electron chi connectivity index (χ2n) is 9.87. The fourth-order valence-electron chi connectivity index (χ4n) is 5.62. The van der Waals surface area contributed by atoms with Gasteiger partial charge in [0, 0.05) is 25.7 Å². The van der Waals surface area contributed by atoms with E-state index in [2.05, 4.69) is 29.2 Å². The molecule has 1 aliphatic carbocycles. The number of hydrogen-bond donors (Lipinski definition) is 3. The smallest absolute Gasteiger partial charge is 0.119 e. The number of piperidine rings is 1. The molecule has 5 nitrogen and oxygen atoms in total. The monoisotopic (exact) mass is 485 g/mol. The van der Waals surface area contributed by atoms with Gasteiger partial charge in [0.15, 0.2) is 0 Å². The SMILES string of the molecule is OCCC/C(=C(\c1ccc(O)cc1)c1ccc(OCCN2CC3C[C@H]3[C@H]2CO)cc1)c1ccccc1. The van der Waals surface area contributed by atoms with Gasteiger partial charge in [-0.3, -0.25) is 4.90 Å². The van der Waals surface area contributed by atoms with Crippen LogP contribution in [-0.2, 0) is 0 Å². The fourth-order valence-corrected chi connectivity index (χ4v) is 5.62. The Kier molecular flexibility index (Phi) is 7.71. The molecule has 1 unspecified atom stereocenters. The van der Waals surface area contributed by atoms with E-state index < -0.39 is 0 Å². The molecular weight excluding hydrogens is 450 g/mol. The van der Waals surface area contributed by atoms with E-state index in [9.17, 15) is 15.3 Å². The summed E-state index contributed by atoms with van der Waals surface area (Å²) in [5.74, 6) is 2.52. The highest BCUT2D eigenvalue weighted by Crippen LogP contribution is 2.49. The van der Waals surface area contributed by atoms with Crippen LogP contribution in [0.5, 0.6) is 11.5 Å². The number of phenolic OH excluding ortho intramolecular Hbond substituents is 1. The molecule has 0 spiro atoms. The Balaban J connectivity index is 1.38. The number of aromatic hydroxyl groups is 1. The maximum atomic E-state index is 9.87. The van der Waals surface area contributed by atoms with Gasteiger partial charge in [-0.1, -0.05) is 54.6 Å². The van der Waals surface area contributed by atoms with Crippen LogP contribution in [0.2, 0.25) is 0 Å². The largest absolute Gasteiger partial charge is 0.508 e. The van der Waals surface area contributed by atoms with Crippen LogP contribution in [0.4, 0.5) is 0 Å². The molecule has 3 N–H and O–H groups in total. The Bertz CT molecular complexity index is 1160. The molecule has 1 heterocycles. The van der Waals surface area contributed by atoms with Crippen molar-refractivity contribution in [1.29, 1.82) is 0 Å². The van der Waals surface area contributed by atoms with Crippen molar-refractivity contribution in [1.82, 2.24) is 4.90 Å². The summed E-state index contributed by atoms with van der Waals surface area (Å²) in [5.41, 5.74) is 5.44. The van der Waals surface area contributed by atoms with E-state index in [-0.39, 0.29) is 19.0 Å². The van der Waals surface area contributed by atoms with Crippen molar-refractivity contribution in [2.75, 3.05) is 32.9 Å². The van der Waals surface area contributed by atoms with Crippen LogP contribution in [0.3, 0.4) is 0 Å². The number of ether oxygens (including phenoxy) is 1. The molecule has 0 amide bonds. The molecule has 0 radical (unpaired) electrons. The first-order chi connectivity index (χ1) is 17.7. The molecule has 3 aromatic carbocycles. The van der Waals surface area contributed by atoms with Crippen molar-refractivity contribution in [3.05, 3.63) is 95.6 Å². The average Bonchev–Trinajstić information content (AvgIpc) is 3.59. The number of hydrogen-bond acceptors (Lipinski definition) is 5. The molecule has 2 fully saturated rings. The summed E-state index contributed by atoms with van der Waals surface area (Å²) >= 11 is 0. The third-order valence-corrected chi connectivity index (χ3v) is 7.55. The number of rotatable bonds is 11. The molecule has 188 valence electrons. The molecule has 0 aromatic heterocycles. The molecule has 3 aromatic rings. The van der Waals surface area contributed by atoms with E-state index in [4.69, 9.17) is 4.74 Å². The molecule has 5 rings (SSSR count). The van der Waals surface area contributed by atoms with Gasteiger partial charge < -0.3 is 20.1 Å². The Morgan fingerprint density at radius 2 is 1.56 bits per heavy atom. The van der Waals surface area contributed by atoms with Gasteiger partial charge in [-0.05, 0) is 83.2 Å². The zero-order valence-electron chi connectivity index (χ0n) is 20.6. The zero-order valence-corrected chi connectivity index (χ0v) is 20.6. The van der Waals surface area contributed by atoms with E-state index in [0.29, 0.717) is 25.0 Å². The molecule has 1 saturated carbocycles. The highest BCUT2D eigenvalue weighted by atomic mass is 16.5. The average molecular weight is 486 g/mol. The highest BCUT2D eigenvalue weighted by Gasteiger charge is 2.51. The minimum absolute atomic E-state index is 0.127.